The summed E-state index contributed by atoms with van der Waals surface area (Å²) in [6.07, 6.45) is 1.13. The Balaban J connectivity index is 2.48. The molecule has 6 heteroatoms. The van der Waals surface area contributed by atoms with Gasteiger partial charge in [0.15, 0.2) is 5.82 Å². The standard InChI is InChI=1S/C12H10Cl2FN3/c1-2-16-12-17-6-10(15)11(18-12)7-3-4-8(13)9(14)5-7/h3-6H,2H2,1H3,(H,16,17,18). The predicted molar refractivity (Wildman–Crippen MR) is 71.6 cm³/mol. The zero-order valence-corrected chi connectivity index (χ0v) is 11.1. The number of halogens is 3. The highest BCUT2D eigenvalue weighted by molar-refractivity contribution is 6.42. The van der Waals surface area contributed by atoms with Crippen LogP contribution in [0, 0.1) is 5.82 Å². The third kappa shape index (κ3) is 2.71. The molecule has 1 aromatic heterocycles. The number of nitrogens with zero attached hydrogens (tertiary/aromatic N) is 2. The first kappa shape index (κ1) is 13.1. The monoisotopic (exact) mass is 285 g/mol. The van der Waals surface area contributed by atoms with Crippen molar-refractivity contribution in [3.05, 3.63) is 40.3 Å². The molecule has 0 bridgehead atoms. The van der Waals surface area contributed by atoms with Gasteiger partial charge in [0.05, 0.1) is 16.2 Å². The van der Waals surface area contributed by atoms with Crippen LogP contribution in [0.25, 0.3) is 11.3 Å². The summed E-state index contributed by atoms with van der Waals surface area (Å²) in [4.78, 5) is 7.94. The van der Waals surface area contributed by atoms with E-state index in [1.54, 1.807) is 18.2 Å². The van der Waals surface area contributed by atoms with Crippen molar-refractivity contribution in [3.8, 4) is 11.3 Å². The SMILES string of the molecule is CCNc1ncc(F)c(-c2ccc(Cl)c(Cl)c2)n1. The van der Waals surface area contributed by atoms with Crippen molar-refractivity contribution in [2.45, 2.75) is 6.92 Å². The number of aromatic nitrogens is 2. The quantitative estimate of drug-likeness (QED) is 0.926. The molecule has 0 saturated heterocycles. The van der Waals surface area contributed by atoms with Crippen molar-refractivity contribution in [1.82, 2.24) is 9.97 Å². The molecule has 0 atom stereocenters. The van der Waals surface area contributed by atoms with Crippen LogP contribution in [0.2, 0.25) is 10.0 Å². The molecule has 1 N–H and O–H groups in total. The fourth-order valence-electron chi connectivity index (χ4n) is 1.46. The highest BCUT2D eigenvalue weighted by Crippen LogP contribution is 2.29. The summed E-state index contributed by atoms with van der Waals surface area (Å²) in [5.74, 6) is -0.130. The summed E-state index contributed by atoms with van der Waals surface area (Å²) in [7, 11) is 0. The van der Waals surface area contributed by atoms with E-state index in [1.165, 1.54) is 0 Å². The van der Waals surface area contributed by atoms with Gasteiger partial charge in [-0.15, -0.1) is 0 Å². The first-order chi connectivity index (χ1) is 8.61. The second kappa shape index (κ2) is 5.50. The van der Waals surface area contributed by atoms with Crippen molar-refractivity contribution in [2.24, 2.45) is 0 Å². The molecule has 0 unspecified atom stereocenters. The lowest BCUT2D eigenvalue weighted by Gasteiger charge is -2.07. The lowest BCUT2D eigenvalue weighted by molar-refractivity contribution is 0.618. The van der Waals surface area contributed by atoms with Gasteiger partial charge in [-0.2, -0.15) is 0 Å². The lowest BCUT2D eigenvalue weighted by atomic mass is 10.1. The molecule has 94 valence electrons. The molecular formula is C12H10Cl2FN3. The molecule has 2 aromatic rings. The van der Waals surface area contributed by atoms with Gasteiger partial charge in [0.2, 0.25) is 5.95 Å². The Labute approximate surface area is 114 Å². The molecule has 0 amide bonds. The second-order valence-corrected chi connectivity index (χ2v) is 4.36. The van der Waals surface area contributed by atoms with Gasteiger partial charge in [-0.05, 0) is 19.1 Å². The number of anilines is 1. The van der Waals surface area contributed by atoms with Gasteiger partial charge in [0.1, 0.15) is 5.69 Å². The maximum atomic E-state index is 13.7. The van der Waals surface area contributed by atoms with Gasteiger partial charge < -0.3 is 5.32 Å². The Hall–Kier alpha value is -1.39. The average Bonchev–Trinajstić information content (AvgIpc) is 2.35. The Morgan fingerprint density at radius 1 is 1.28 bits per heavy atom. The largest absolute Gasteiger partial charge is 0.354 e. The van der Waals surface area contributed by atoms with Gasteiger partial charge >= 0.3 is 0 Å². The van der Waals surface area contributed by atoms with Crippen molar-refractivity contribution >= 4 is 29.2 Å². The molecule has 1 heterocycles. The Kier molecular flexibility index (Phi) is 3.99. The number of hydrogen-bond donors (Lipinski definition) is 1. The van der Waals surface area contributed by atoms with E-state index in [0.29, 0.717) is 28.1 Å². The number of nitrogens with one attached hydrogen (secondary N) is 1. The van der Waals surface area contributed by atoms with Gasteiger partial charge in [0, 0.05) is 12.1 Å². The van der Waals surface area contributed by atoms with E-state index < -0.39 is 5.82 Å². The van der Waals surface area contributed by atoms with Crippen molar-refractivity contribution in [3.63, 3.8) is 0 Å². The molecule has 3 nitrogen and oxygen atoms in total. The molecule has 0 saturated carbocycles. The summed E-state index contributed by atoms with van der Waals surface area (Å²) < 4.78 is 13.7. The molecule has 0 aliphatic carbocycles. The van der Waals surface area contributed by atoms with Crippen LogP contribution >= 0.6 is 23.2 Å². The van der Waals surface area contributed by atoms with E-state index in [2.05, 4.69) is 15.3 Å². The van der Waals surface area contributed by atoms with Crippen LogP contribution in [0.4, 0.5) is 10.3 Å². The summed E-state index contributed by atoms with van der Waals surface area (Å²) in [5.41, 5.74) is 0.753. The van der Waals surface area contributed by atoms with E-state index in [9.17, 15) is 4.39 Å². The zero-order valence-electron chi connectivity index (χ0n) is 9.54. The Morgan fingerprint density at radius 3 is 2.72 bits per heavy atom. The minimum atomic E-state index is -0.505. The van der Waals surface area contributed by atoms with Crippen LogP contribution in [-0.2, 0) is 0 Å². The van der Waals surface area contributed by atoms with Gasteiger partial charge in [-0.1, -0.05) is 29.3 Å². The van der Waals surface area contributed by atoms with E-state index in [4.69, 9.17) is 23.2 Å². The van der Waals surface area contributed by atoms with Gasteiger partial charge in [-0.25, -0.2) is 14.4 Å². The lowest BCUT2D eigenvalue weighted by Crippen LogP contribution is -2.04. The summed E-state index contributed by atoms with van der Waals surface area (Å²) >= 11 is 11.7. The van der Waals surface area contributed by atoms with Crippen LogP contribution in [0.5, 0.6) is 0 Å². The van der Waals surface area contributed by atoms with Crippen molar-refractivity contribution < 1.29 is 4.39 Å². The number of benzene rings is 1. The molecule has 0 radical (unpaired) electrons. The first-order valence-electron chi connectivity index (χ1n) is 5.33. The fraction of sp³-hybridized carbons (Fsp3) is 0.167. The fourth-order valence-corrected chi connectivity index (χ4v) is 1.75. The minimum Gasteiger partial charge on any atom is -0.354 e. The summed E-state index contributed by atoms with van der Waals surface area (Å²) in [5, 5.41) is 3.70. The third-order valence-electron chi connectivity index (χ3n) is 2.27. The molecule has 18 heavy (non-hydrogen) atoms. The molecular weight excluding hydrogens is 276 g/mol. The van der Waals surface area contributed by atoms with Crippen molar-refractivity contribution in [2.75, 3.05) is 11.9 Å². The second-order valence-electron chi connectivity index (χ2n) is 3.55. The highest BCUT2D eigenvalue weighted by Gasteiger charge is 2.10. The van der Waals surface area contributed by atoms with Crippen LogP contribution in [0.1, 0.15) is 6.92 Å². The van der Waals surface area contributed by atoms with Crippen LogP contribution in [0.3, 0.4) is 0 Å². The Morgan fingerprint density at radius 2 is 2.06 bits per heavy atom. The Bertz CT molecular complexity index is 575. The predicted octanol–water partition coefficient (Wildman–Crippen LogP) is 4.02. The van der Waals surface area contributed by atoms with Crippen LogP contribution in [-0.4, -0.2) is 16.5 Å². The number of hydrogen-bond acceptors (Lipinski definition) is 3. The smallest absolute Gasteiger partial charge is 0.223 e. The molecule has 0 spiro atoms. The molecule has 2 rings (SSSR count). The average molecular weight is 286 g/mol. The van der Waals surface area contributed by atoms with E-state index in [1.807, 2.05) is 6.92 Å². The molecule has 1 aromatic carbocycles. The molecule has 0 aliphatic rings. The zero-order chi connectivity index (χ0) is 13.1. The maximum absolute atomic E-state index is 13.7. The summed E-state index contributed by atoms with van der Waals surface area (Å²) in [6, 6.07) is 4.84. The highest BCUT2D eigenvalue weighted by atomic mass is 35.5. The molecule has 0 aliphatic heterocycles. The summed E-state index contributed by atoms with van der Waals surface area (Å²) in [6.45, 7) is 2.57. The van der Waals surface area contributed by atoms with Crippen molar-refractivity contribution in [1.29, 1.82) is 0 Å². The van der Waals surface area contributed by atoms with Gasteiger partial charge in [-0.3, -0.25) is 0 Å². The van der Waals surface area contributed by atoms with E-state index >= 15 is 0 Å². The van der Waals surface area contributed by atoms with Crippen LogP contribution < -0.4 is 5.32 Å². The normalized spacial score (nSPS) is 10.4. The topological polar surface area (TPSA) is 37.8 Å². The van der Waals surface area contributed by atoms with E-state index in [0.717, 1.165) is 6.20 Å². The first-order valence-corrected chi connectivity index (χ1v) is 6.09. The maximum Gasteiger partial charge on any atom is 0.223 e. The minimum absolute atomic E-state index is 0.194. The van der Waals surface area contributed by atoms with E-state index in [-0.39, 0.29) is 5.69 Å². The molecule has 0 fully saturated rings. The van der Waals surface area contributed by atoms with Crippen LogP contribution in [0.15, 0.2) is 24.4 Å². The number of rotatable bonds is 3. The van der Waals surface area contributed by atoms with Gasteiger partial charge in [0.25, 0.3) is 0 Å². The third-order valence-corrected chi connectivity index (χ3v) is 3.01.